The van der Waals surface area contributed by atoms with Crippen LogP contribution in [0.3, 0.4) is 0 Å². The molecule has 0 atom stereocenters. The fourth-order valence-electron chi connectivity index (χ4n) is 6.19. The first kappa shape index (κ1) is 47.4. The highest BCUT2D eigenvalue weighted by Gasteiger charge is 2.18. The number of hydrogen-bond donors (Lipinski definition) is 8. The minimum absolute atomic E-state index is 0.0531. The molecule has 0 radical (unpaired) electrons. The summed E-state index contributed by atoms with van der Waals surface area (Å²) in [6.45, 7) is 0. The van der Waals surface area contributed by atoms with E-state index in [1.165, 1.54) is 48.6 Å². The predicted molar refractivity (Wildman–Crippen MR) is 258 cm³/mol. The number of hydrogen-bond acceptors (Lipinski definition) is 10. The van der Waals surface area contributed by atoms with Gasteiger partial charge in [-0.05, 0) is 96.1 Å². The number of nitrogens with one attached hydrogen (secondary N) is 6. The largest absolute Gasteiger partial charge is 0.296 e. The number of aromatic nitrogens is 6. The summed E-state index contributed by atoms with van der Waals surface area (Å²) in [7, 11) is -9.82. The van der Waals surface area contributed by atoms with Crippen molar-refractivity contribution < 1.29 is 25.9 Å². The zero-order chi connectivity index (χ0) is 48.0. The van der Waals surface area contributed by atoms with E-state index >= 15 is 0 Å². The van der Waals surface area contributed by atoms with Crippen LogP contribution in [0.2, 0.25) is 20.1 Å². The topological polar surface area (TPSA) is 278 Å². The molecule has 2 heterocycles. The van der Waals surface area contributed by atoms with Crippen molar-refractivity contribution in [2.24, 2.45) is 30.0 Å². The van der Waals surface area contributed by atoms with Gasteiger partial charge >= 0.3 is 0 Å². The van der Waals surface area contributed by atoms with Gasteiger partial charge in [0, 0.05) is 10.0 Å². The lowest BCUT2D eigenvalue weighted by Crippen LogP contribution is -2.36. The van der Waals surface area contributed by atoms with E-state index in [0.29, 0.717) is 32.8 Å². The van der Waals surface area contributed by atoms with E-state index in [1.807, 2.05) is 12.1 Å². The Kier molecular flexibility index (Phi) is 14.2. The van der Waals surface area contributed by atoms with Gasteiger partial charge in [0.25, 0.3) is 20.2 Å². The van der Waals surface area contributed by atoms with E-state index in [0.717, 1.165) is 12.1 Å². The molecular weight excluding hydrogens is 999 g/mol. The number of halogens is 4. The number of rotatable bonds is 10. The molecule has 68 heavy (non-hydrogen) atoms. The van der Waals surface area contributed by atoms with Crippen LogP contribution in [0, 0.1) is 0 Å². The highest BCUT2D eigenvalue weighted by molar-refractivity contribution is 7.86. The second-order valence-electron chi connectivity index (χ2n) is 14.1. The third kappa shape index (κ3) is 12.4. The molecule has 0 aliphatic heterocycles. The second-order valence-corrected chi connectivity index (χ2v) is 18.6. The molecule has 24 heteroatoms. The van der Waals surface area contributed by atoms with Gasteiger partial charge in [-0.15, -0.1) is 0 Å². The maximum Gasteiger partial charge on any atom is 0.295 e. The summed E-state index contributed by atoms with van der Waals surface area (Å²) in [5.41, 5.74) is 2.66. The molecule has 0 amide bonds. The molecule has 18 nitrogen and oxygen atoms in total. The zero-order valence-corrected chi connectivity index (χ0v) is 39.1. The molecule has 2 aromatic heterocycles. The second kappa shape index (κ2) is 20.4. The monoisotopic (exact) mass is 1030 g/mol. The molecule has 0 saturated heterocycles. The van der Waals surface area contributed by atoms with Gasteiger partial charge in [-0.2, -0.15) is 16.8 Å². The molecule has 0 fully saturated rings. The van der Waals surface area contributed by atoms with Gasteiger partial charge in [-0.1, -0.05) is 107 Å². The Morgan fingerprint density at radius 1 is 0.382 bits per heavy atom. The molecule has 6 aromatic carbocycles. The van der Waals surface area contributed by atoms with Crippen LogP contribution in [0.25, 0.3) is 12.2 Å². The first-order valence-corrected chi connectivity index (χ1v) is 24.0. The van der Waals surface area contributed by atoms with Gasteiger partial charge in [-0.3, -0.25) is 39.0 Å². The molecule has 8 N–H and O–H groups in total. The Hall–Kier alpha value is -7.14. The average Bonchev–Trinajstić information content (AvgIpc) is 3.28. The van der Waals surface area contributed by atoms with Gasteiger partial charge in [0.1, 0.15) is 9.79 Å². The van der Waals surface area contributed by atoms with Gasteiger partial charge < -0.3 is 0 Å². The summed E-state index contributed by atoms with van der Waals surface area (Å²) in [6, 6.07) is 35.2. The predicted octanol–water partition coefficient (Wildman–Crippen LogP) is 8.33. The lowest BCUT2D eigenvalue weighted by Gasteiger charge is -2.07. The first-order chi connectivity index (χ1) is 32.5. The van der Waals surface area contributed by atoms with Crippen LogP contribution in [-0.4, -0.2) is 55.8 Å². The minimum Gasteiger partial charge on any atom is -0.296 e. The fourth-order valence-corrected chi connectivity index (χ4v) is 8.50. The molecule has 8 aromatic rings. The average molecular weight is 1030 g/mol. The quantitative estimate of drug-likeness (QED) is 0.0492. The fraction of sp³-hybridized carbons (Fsp3) is 0. The van der Waals surface area contributed by atoms with Gasteiger partial charge in [0.2, 0.25) is 33.7 Å². The maximum absolute atomic E-state index is 12.8. The third-order valence-electron chi connectivity index (χ3n) is 9.17. The Balaban J connectivity index is 1.18. The van der Waals surface area contributed by atoms with Crippen molar-refractivity contribution in [2.75, 3.05) is 0 Å². The number of benzene rings is 6. The molecule has 8 rings (SSSR count). The van der Waals surface area contributed by atoms with Crippen molar-refractivity contribution in [3.05, 3.63) is 198 Å². The molecular formula is C44H32Cl4N12O6S2. The zero-order valence-electron chi connectivity index (χ0n) is 34.4. The summed E-state index contributed by atoms with van der Waals surface area (Å²) in [5.74, 6) is 0. The Morgan fingerprint density at radius 2 is 0.706 bits per heavy atom. The van der Waals surface area contributed by atoms with Gasteiger partial charge in [-0.25, -0.2) is 30.0 Å². The third-order valence-corrected chi connectivity index (χ3v) is 12.1. The minimum atomic E-state index is -4.91. The van der Waals surface area contributed by atoms with Crippen LogP contribution in [0.4, 0.5) is 34.1 Å². The Morgan fingerprint density at radius 3 is 1.03 bits per heavy atom. The first-order valence-electron chi connectivity index (χ1n) is 19.6. The number of aromatic amines is 6. The molecule has 0 spiro atoms. The van der Waals surface area contributed by atoms with Crippen molar-refractivity contribution in [1.29, 1.82) is 0 Å². The molecule has 0 saturated carbocycles. The van der Waals surface area contributed by atoms with Gasteiger partial charge in [0.15, 0.2) is 0 Å². The molecule has 0 aliphatic carbocycles. The van der Waals surface area contributed by atoms with Crippen molar-refractivity contribution in [2.45, 2.75) is 9.79 Å². The van der Waals surface area contributed by atoms with E-state index in [4.69, 9.17) is 46.4 Å². The van der Waals surface area contributed by atoms with Crippen molar-refractivity contribution >= 4 is 113 Å². The van der Waals surface area contributed by atoms with E-state index in [1.54, 1.807) is 72.8 Å². The number of para-hydroxylation sites is 2. The van der Waals surface area contributed by atoms with E-state index in [2.05, 4.69) is 59.9 Å². The lowest BCUT2D eigenvalue weighted by molar-refractivity contribution is 0.480. The highest BCUT2D eigenvalue weighted by Crippen LogP contribution is 2.30. The molecule has 0 unspecified atom stereocenters. The molecule has 344 valence electrons. The summed E-state index contributed by atoms with van der Waals surface area (Å²) < 4.78 is 71.9. The maximum atomic E-state index is 12.8. The summed E-state index contributed by atoms with van der Waals surface area (Å²) >= 11 is 24.9. The van der Waals surface area contributed by atoms with Gasteiger partial charge in [0.05, 0.1) is 44.2 Å². The summed E-state index contributed by atoms with van der Waals surface area (Å²) in [5, 5.41) is 1.34. The van der Waals surface area contributed by atoms with E-state index in [9.17, 15) is 25.9 Å². The summed E-state index contributed by atoms with van der Waals surface area (Å²) in [4.78, 5) is 44.0. The molecule has 0 bridgehead atoms. The van der Waals surface area contributed by atoms with Crippen molar-refractivity contribution in [1.82, 2.24) is 29.9 Å². The van der Waals surface area contributed by atoms with Crippen molar-refractivity contribution in [3.8, 4) is 0 Å². The smallest absolute Gasteiger partial charge is 0.295 e. The Labute approximate surface area is 404 Å². The van der Waals surface area contributed by atoms with Crippen LogP contribution in [0.15, 0.2) is 173 Å². The van der Waals surface area contributed by atoms with Crippen LogP contribution in [0.5, 0.6) is 0 Å². The highest BCUT2D eigenvalue weighted by atomic mass is 35.5. The molecule has 0 aliphatic rings. The Bertz CT molecular complexity index is 3690. The van der Waals surface area contributed by atoms with E-state index < -0.39 is 30.0 Å². The van der Waals surface area contributed by atoms with Crippen LogP contribution in [-0.2, 0) is 20.2 Å². The van der Waals surface area contributed by atoms with Crippen molar-refractivity contribution in [3.63, 3.8) is 0 Å². The van der Waals surface area contributed by atoms with Crippen LogP contribution >= 0.6 is 46.4 Å². The lowest BCUT2D eigenvalue weighted by atomic mass is 10.1. The number of nitrogens with zero attached hydrogens (tertiary/aromatic N) is 6. The van der Waals surface area contributed by atoms with E-state index in [-0.39, 0.29) is 66.3 Å². The SMILES string of the molecule is O=S(=O)(O)c1cc(N=c2[nH]c(=Nc3ccccc3)[nH]c(=Nc3ccc(Cl)cc3Cl)[nH]2)ccc1/C=C/c1ccc(N=c2[nH]c(=Nc3ccccc3)[nH]c(=Nc3ccc(Cl)cc3Cl)[nH]2)cc1S(=O)(=O)O. The standard InChI is InChI=1S/C44H32Cl4N12O6S2/c45-27-15-19-35(33(47)21-27)53-43-57-39(49-29-7-3-1-4-8-29)55-41(59-43)51-31-17-13-25(37(23-31)67(61,62)63)11-12-26-14-18-32(24-38(26)68(64,65)66)52-42-56-40(50-30-9-5-2-6-10-30)58-44(60-42)54-36-20-16-28(46)22-34(36)48/h1-24H,(H,61,62,63)(H,64,65,66)(H3,49,51,53,55,57,59)(H3,50,52,54,56,58,60)/b12-11+. The van der Waals surface area contributed by atoms with Crippen LogP contribution in [0.1, 0.15) is 11.1 Å². The summed E-state index contributed by atoms with van der Waals surface area (Å²) in [6.07, 6.45) is 2.49. The van der Waals surface area contributed by atoms with Crippen LogP contribution < -0.4 is 33.7 Å². The normalized spacial score (nSPS) is 13.9. The number of H-pyrrole nitrogens is 6.